The molecular weight excluding hydrogens is 214 g/mol. The van der Waals surface area contributed by atoms with Crippen LogP contribution in [0.5, 0.6) is 5.75 Å². The van der Waals surface area contributed by atoms with E-state index >= 15 is 0 Å². The normalized spacial score (nSPS) is 20.2. The van der Waals surface area contributed by atoms with Crippen LogP contribution in [0.25, 0.3) is 0 Å². The van der Waals surface area contributed by atoms with Crippen LogP contribution in [-0.4, -0.2) is 32.9 Å². The zero-order chi connectivity index (χ0) is 12.1. The summed E-state index contributed by atoms with van der Waals surface area (Å²) in [5.74, 6) is 0.981. The molecule has 1 aromatic carbocycles. The van der Waals surface area contributed by atoms with Crippen molar-refractivity contribution in [2.75, 3.05) is 26.9 Å². The largest absolute Gasteiger partial charge is 0.496 e. The van der Waals surface area contributed by atoms with E-state index in [0.29, 0.717) is 6.04 Å². The molecule has 1 heterocycles. The molecule has 0 aromatic heterocycles. The molecule has 0 aliphatic carbocycles. The molecule has 3 heteroatoms. The van der Waals surface area contributed by atoms with E-state index < -0.39 is 0 Å². The van der Waals surface area contributed by atoms with Crippen molar-refractivity contribution in [3.05, 3.63) is 29.3 Å². The van der Waals surface area contributed by atoms with Crippen LogP contribution in [0.2, 0.25) is 0 Å². The van der Waals surface area contributed by atoms with Crippen molar-refractivity contribution in [3.8, 4) is 5.75 Å². The van der Waals surface area contributed by atoms with E-state index in [1.165, 1.54) is 11.1 Å². The number of aryl methyl sites for hydroxylation is 1. The third-order valence-corrected chi connectivity index (χ3v) is 3.22. The van der Waals surface area contributed by atoms with Gasteiger partial charge in [-0.25, -0.2) is 0 Å². The monoisotopic (exact) mass is 235 g/mol. The summed E-state index contributed by atoms with van der Waals surface area (Å²) in [4.78, 5) is 0. The van der Waals surface area contributed by atoms with Crippen molar-refractivity contribution in [3.63, 3.8) is 0 Å². The fourth-order valence-corrected chi connectivity index (χ4v) is 2.23. The summed E-state index contributed by atoms with van der Waals surface area (Å²) < 4.78 is 10.9. The molecule has 1 aromatic rings. The van der Waals surface area contributed by atoms with Gasteiger partial charge in [-0.1, -0.05) is 19.1 Å². The van der Waals surface area contributed by atoms with Crippen LogP contribution < -0.4 is 10.1 Å². The summed E-state index contributed by atoms with van der Waals surface area (Å²) in [6.07, 6.45) is 2.03. The first-order valence-corrected chi connectivity index (χ1v) is 6.30. The standard InChI is InChI=1S/C14H21NO2/c1-3-11-4-5-14(16-2)12(8-11)9-13-10-17-7-6-15-13/h4-5,8,13,15H,3,6-7,9-10H2,1-2H3. The average molecular weight is 235 g/mol. The number of ether oxygens (including phenoxy) is 2. The predicted octanol–water partition coefficient (Wildman–Crippen LogP) is 1.79. The van der Waals surface area contributed by atoms with E-state index in [0.717, 1.165) is 38.3 Å². The van der Waals surface area contributed by atoms with E-state index in [4.69, 9.17) is 9.47 Å². The first kappa shape index (κ1) is 12.4. The fourth-order valence-electron chi connectivity index (χ4n) is 2.23. The van der Waals surface area contributed by atoms with Crippen molar-refractivity contribution < 1.29 is 9.47 Å². The first-order chi connectivity index (χ1) is 8.33. The molecule has 1 saturated heterocycles. The molecule has 2 rings (SSSR count). The van der Waals surface area contributed by atoms with E-state index in [1.54, 1.807) is 7.11 Å². The Labute approximate surface area is 103 Å². The highest BCUT2D eigenvalue weighted by Crippen LogP contribution is 2.22. The summed E-state index contributed by atoms with van der Waals surface area (Å²) in [5.41, 5.74) is 2.63. The second-order valence-corrected chi connectivity index (χ2v) is 4.43. The minimum atomic E-state index is 0.407. The molecule has 0 radical (unpaired) electrons. The zero-order valence-corrected chi connectivity index (χ0v) is 10.7. The maximum atomic E-state index is 5.48. The Hall–Kier alpha value is -1.06. The van der Waals surface area contributed by atoms with E-state index in [2.05, 4.69) is 30.4 Å². The van der Waals surface area contributed by atoms with E-state index in [-0.39, 0.29) is 0 Å². The fraction of sp³-hybridized carbons (Fsp3) is 0.571. The number of methoxy groups -OCH3 is 1. The summed E-state index contributed by atoms with van der Waals surface area (Å²) in [7, 11) is 1.73. The maximum absolute atomic E-state index is 5.48. The number of rotatable bonds is 4. The minimum absolute atomic E-state index is 0.407. The van der Waals surface area contributed by atoms with Crippen LogP contribution in [0, 0.1) is 0 Å². The molecule has 1 atom stereocenters. The SMILES string of the molecule is CCc1ccc(OC)c(CC2COCCN2)c1. The Morgan fingerprint density at radius 2 is 2.35 bits per heavy atom. The second-order valence-electron chi connectivity index (χ2n) is 4.43. The smallest absolute Gasteiger partial charge is 0.122 e. The Morgan fingerprint density at radius 1 is 1.47 bits per heavy atom. The van der Waals surface area contributed by atoms with Crippen molar-refractivity contribution in [2.24, 2.45) is 0 Å². The van der Waals surface area contributed by atoms with Gasteiger partial charge in [-0.3, -0.25) is 0 Å². The molecule has 0 bridgehead atoms. The van der Waals surface area contributed by atoms with E-state index in [1.807, 2.05) is 0 Å². The van der Waals surface area contributed by atoms with E-state index in [9.17, 15) is 0 Å². The Bertz CT molecular complexity index is 359. The van der Waals surface area contributed by atoms with Crippen molar-refractivity contribution in [1.29, 1.82) is 0 Å². The zero-order valence-electron chi connectivity index (χ0n) is 10.7. The van der Waals surface area contributed by atoms with Crippen molar-refractivity contribution >= 4 is 0 Å². The molecule has 0 spiro atoms. The van der Waals surface area contributed by atoms with Crippen LogP contribution in [0.3, 0.4) is 0 Å². The third kappa shape index (κ3) is 3.20. The van der Waals surface area contributed by atoms with Gasteiger partial charge < -0.3 is 14.8 Å². The molecule has 0 saturated carbocycles. The summed E-state index contributed by atoms with van der Waals surface area (Å²) in [6, 6.07) is 6.85. The molecule has 1 unspecified atom stereocenters. The Balaban J connectivity index is 2.11. The summed E-state index contributed by atoms with van der Waals surface area (Å²) >= 11 is 0. The highest BCUT2D eigenvalue weighted by molar-refractivity contribution is 5.38. The average Bonchev–Trinajstić information content (AvgIpc) is 2.40. The van der Waals surface area contributed by atoms with Crippen LogP contribution in [0.1, 0.15) is 18.1 Å². The summed E-state index contributed by atoms with van der Waals surface area (Å²) in [5, 5.41) is 3.48. The number of hydrogen-bond acceptors (Lipinski definition) is 3. The van der Waals surface area contributed by atoms with Gasteiger partial charge in [-0.15, -0.1) is 0 Å². The van der Waals surface area contributed by atoms with Gasteiger partial charge in [0.15, 0.2) is 0 Å². The predicted molar refractivity (Wildman–Crippen MR) is 68.7 cm³/mol. The topological polar surface area (TPSA) is 30.5 Å². The van der Waals surface area contributed by atoms with Gasteiger partial charge in [0.2, 0.25) is 0 Å². The number of morpholine rings is 1. The van der Waals surface area contributed by atoms with Crippen LogP contribution >= 0.6 is 0 Å². The first-order valence-electron chi connectivity index (χ1n) is 6.30. The Kier molecular flexibility index (Phi) is 4.40. The molecule has 1 aliphatic heterocycles. The van der Waals surface area contributed by atoms with Crippen molar-refractivity contribution in [1.82, 2.24) is 5.32 Å². The van der Waals surface area contributed by atoms with Gasteiger partial charge in [-0.2, -0.15) is 0 Å². The second kappa shape index (κ2) is 6.03. The third-order valence-electron chi connectivity index (χ3n) is 3.22. The lowest BCUT2D eigenvalue weighted by atomic mass is 10.0. The Morgan fingerprint density at radius 3 is 3.00 bits per heavy atom. The van der Waals surface area contributed by atoms with Crippen LogP contribution in [0.4, 0.5) is 0 Å². The molecule has 17 heavy (non-hydrogen) atoms. The van der Waals surface area contributed by atoms with Gasteiger partial charge in [0.25, 0.3) is 0 Å². The molecule has 94 valence electrons. The molecule has 1 fully saturated rings. The van der Waals surface area contributed by atoms with Gasteiger partial charge in [0.1, 0.15) is 5.75 Å². The molecule has 1 aliphatic rings. The maximum Gasteiger partial charge on any atom is 0.122 e. The van der Waals surface area contributed by atoms with Crippen molar-refractivity contribution in [2.45, 2.75) is 25.8 Å². The number of hydrogen-bond donors (Lipinski definition) is 1. The lowest BCUT2D eigenvalue weighted by molar-refractivity contribution is 0.0768. The summed E-state index contributed by atoms with van der Waals surface area (Å²) in [6.45, 7) is 4.73. The molecular formula is C14H21NO2. The van der Waals surface area contributed by atoms with Crippen LogP contribution in [0.15, 0.2) is 18.2 Å². The quantitative estimate of drug-likeness (QED) is 0.863. The highest BCUT2D eigenvalue weighted by Gasteiger charge is 2.15. The van der Waals surface area contributed by atoms with Crippen LogP contribution in [-0.2, 0) is 17.6 Å². The highest BCUT2D eigenvalue weighted by atomic mass is 16.5. The van der Waals surface area contributed by atoms with Gasteiger partial charge in [-0.05, 0) is 30.0 Å². The molecule has 1 N–H and O–H groups in total. The van der Waals surface area contributed by atoms with Gasteiger partial charge in [0.05, 0.1) is 20.3 Å². The number of benzene rings is 1. The van der Waals surface area contributed by atoms with Gasteiger partial charge >= 0.3 is 0 Å². The minimum Gasteiger partial charge on any atom is -0.496 e. The molecule has 3 nitrogen and oxygen atoms in total. The number of nitrogens with one attached hydrogen (secondary N) is 1. The molecule has 0 amide bonds. The lowest BCUT2D eigenvalue weighted by Gasteiger charge is -2.24. The lowest BCUT2D eigenvalue weighted by Crippen LogP contribution is -2.42. The van der Waals surface area contributed by atoms with Gasteiger partial charge in [0, 0.05) is 12.6 Å².